The second-order valence-corrected chi connectivity index (χ2v) is 8.30. The van der Waals surface area contributed by atoms with Crippen LogP contribution in [0.25, 0.3) is 0 Å². The van der Waals surface area contributed by atoms with Crippen molar-refractivity contribution in [2.75, 3.05) is 10.6 Å². The fourth-order valence-electron chi connectivity index (χ4n) is 2.93. The summed E-state index contributed by atoms with van der Waals surface area (Å²) in [7, 11) is 0. The lowest BCUT2D eigenvalue weighted by Crippen LogP contribution is -2.17. The lowest BCUT2D eigenvalue weighted by atomic mass is 10.2. The molecule has 0 aliphatic heterocycles. The molecule has 31 heavy (non-hydrogen) atoms. The Morgan fingerprint density at radius 2 is 1.71 bits per heavy atom. The Bertz CT molecular complexity index is 1220. The van der Waals surface area contributed by atoms with E-state index in [9.17, 15) is 9.59 Å². The largest absolute Gasteiger partial charge is 0.321 e. The number of anilines is 2. The van der Waals surface area contributed by atoms with E-state index >= 15 is 0 Å². The molecule has 2 aromatic heterocycles. The Morgan fingerprint density at radius 1 is 0.935 bits per heavy atom. The molecule has 156 valence electrons. The van der Waals surface area contributed by atoms with Gasteiger partial charge in [0.2, 0.25) is 0 Å². The fraction of sp³-hybridized carbons (Fsp3) is 0.0455. The maximum absolute atomic E-state index is 12.8. The molecule has 2 N–H and O–H groups in total. The van der Waals surface area contributed by atoms with Crippen LogP contribution in [-0.4, -0.2) is 21.6 Å². The monoisotopic (exact) mass is 470 g/mol. The lowest BCUT2D eigenvalue weighted by molar-refractivity contribution is 0.101. The van der Waals surface area contributed by atoms with E-state index in [2.05, 4.69) is 15.7 Å². The molecule has 0 aliphatic rings. The molecular formula is C22H16Cl2N4O2S. The number of nitrogens with one attached hydrogen (secondary N) is 2. The third-order valence-electron chi connectivity index (χ3n) is 4.46. The summed E-state index contributed by atoms with van der Waals surface area (Å²) in [5.74, 6) is -0.0597. The van der Waals surface area contributed by atoms with Gasteiger partial charge < -0.3 is 10.6 Å². The molecule has 2 amide bonds. The first-order valence-corrected chi connectivity index (χ1v) is 10.9. The Hall–Kier alpha value is -3.13. The number of amides is 2. The first kappa shape index (κ1) is 21.1. The first-order valence-electron chi connectivity index (χ1n) is 9.22. The van der Waals surface area contributed by atoms with E-state index in [0.717, 1.165) is 0 Å². The summed E-state index contributed by atoms with van der Waals surface area (Å²) in [4.78, 5) is 25.6. The number of nitrogens with zero attached hydrogens (tertiary/aromatic N) is 2. The predicted octanol–water partition coefficient (Wildman–Crippen LogP) is 5.80. The van der Waals surface area contributed by atoms with Gasteiger partial charge in [0.25, 0.3) is 11.8 Å². The zero-order valence-electron chi connectivity index (χ0n) is 16.0. The van der Waals surface area contributed by atoms with Gasteiger partial charge >= 0.3 is 0 Å². The maximum atomic E-state index is 12.8. The predicted molar refractivity (Wildman–Crippen MR) is 124 cm³/mol. The minimum absolute atomic E-state index is 0.220. The van der Waals surface area contributed by atoms with Crippen molar-refractivity contribution < 1.29 is 9.59 Å². The molecule has 9 heteroatoms. The SMILES string of the molecule is O=C(Nc1ccnn1Cc1c(Cl)cccc1Cl)c1cccc(NC(=O)c2cccs2)c1. The van der Waals surface area contributed by atoms with Gasteiger partial charge in [-0.15, -0.1) is 11.3 Å². The first-order chi connectivity index (χ1) is 15.0. The van der Waals surface area contributed by atoms with Crippen molar-refractivity contribution in [3.8, 4) is 0 Å². The molecule has 0 radical (unpaired) electrons. The van der Waals surface area contributed by atoms with Crippen molar-refractivity contribution in [3.63, 3.8) is 0 Å². The normalized spacial score (nSPS) is 10.6. The van der Waals surface area contributed by atoms with Crippen LogP contribution in [0.2, 0.25) is 10.0 Å². The highest BCUT2D eigenvalue weighted by Crippen LogP contribution is 2.26. The molecule has 0 saturated heterocycles. The topological polar surface area (TPSA) is 76.0 Å². The van der Waals surface area contributed by atoms with Gasteiger partial charge in [-0.25, -0.2) is 4.68 Å². The summed E-state index contributed by atoms with van der Waals surface area (Å²) in [6, 6.07) is 17.2. The quantitative estimate of drug-likeness (QED) is 0.373. The van der Waals surface area contributed by atoms with E-state index < -0.39 is 0 Å². The minimum Gasteiger partial charge on any atom is -0.321 e. The smallest absolute Gasteiger partial charge is 0.265 e. The van der Waals surface area contributed by atoms with E-state index in [1.54, 1.807) is 65.5 Å². The Morgan fingerprint density at radius 3 is 2.45 bits per heavy atom. The fourth-order valence-corrected chi connectivity index (χ4v) is 4.06. The van der Waals surface area contributed by atoms with Crippen molar-refractivity contribution in [1.82, 2.24) is 9.78 Å². The van der Waals surface area contributed by atoms with E-state index in [1.807, 2.05) is 11.4 Å². The Balaban J connectivity index is 1.48. The maximum Gasteiger partial charge on any atom is 0.265 e. The van der Waals surface area contributed by atoms with Crippen molar-refractivity contribution in [1.29, 1.82) is 0 Å². The molecule has 0 saturated carbocycles. The van der Waals surface area contributed by atoms with Crippen LogP contribution in [-0.2, 0) is 6.54 Å². The van der Waals surface area contributed by atoms with Crippen LogP contribution in [0.1, 0.15) is 25.6 Å². The summed E-state index contributed by atoms with van der Waals surface area (Å²) < 4.78 is 1.60. The molecule has 2 heterocycles. The number of hydrogen-bond donors (Lipinski definition) is 2. The molecule has 0 fully saturated rings. The van der Waals surface area contributed by atoms with Crippen molar-refractivity contribution >= 4 is 57.9 Å². The molecule has 2 aromatic carbocycles. The van der Waals surface area contributed by atoms with Crippen LogP contribution < -0.4 is 10.6 Å². The molecular weight excluding hydrogens is 455 g/mol. The van der Waals surface area contributed by atoms with E-state index in [-0.39, 0.29) is 11.8 Å². The van der Waals surface area contributed by atoms with Crippen LogP contribution in [0.3, 0.4) is 0 Å². The highest BCUT2D eigenvalue weighted by Gasteiger charge is 2.14. The van der Waals surface area contributed by atoms with Gasteiger partial charge in [0.15, 0.2) is 0 Å². The van der Waals surface area contributed by atoms with Crippen LogP contribution >= 0.6 is 34.5 Å². The summed E-state index contributed by atoms with van der Waals surface area (Å²) in [5.41, 5.74) is 1.64. The van der Waals surface area contributed by atoms with Crippen molar-refractivity contribution in [2.24, 2.45) is 0 Å². The van der Waals surface area contributed by atoms with Crippen LogP contribution in [0, 0.1) is 0 Å². The molecule has 0 unspecified atom stereocenters. The number of rotatable bonds is 6. The third kappa shape index (κ3) is 4.96. The Labute approximate surface area is 192 Å². The van der Waals surface area contributed by atoms with Crippen molar-refractivity contribution in [2.45, 2.75) is 6.54 Å². The lowest BCUT2D eigenvalue weighted by Gasteiger charge is -2.12. The minimum atomic E-state index is -0.334. The highest BCUT2D eigenvalue weighted by atomic mass is 35.5. The average Bonchev–Trinajstić information content (AvgIpc) is 3.43. The van der Waals surface area contributed by atoms with Crippen LogP contribution in [0.5, 0.6) is 0 Å². The molecule has 0 atom stereocenters. The number of thiophene rings is 1. The third-order valence-corrected chi connectivity index (χ3v) is 6.03. The van der Waals surface area contributed by atoms with E-state index in [1.165, 1.54) is 11.3 Å². The molecule has 0 aliphatic carbocycles. The van der Waals surface area contributed by atoms with Gasteiger partial charge in [0, 0.05) is 32.9 Å². The molecule has 0 spiro atoms. The molecule has 4 aromatic rings. The zero-order valence-corrected chi connectivity index (χ0v) is 18.3. The number of aromatic nitrogens is 2. The van der Waals surface area contributed by atoms with E-state index in [0.29, 0.717) is 44.1 Å². The summed E-state index contributed by atoms with van der Waals surface area (Å²) in [6.45, 7) is 0.304. The van der Waals surface area contributed by atoms with Crippen molar-refractivity contribution in [3.05, 3.63) is 98.3 Å². The number of halogens is 2. The van der Waals surface area contributed by atoms with Gasteiger partial charge in [0.05, 0.1) is 17.6 Å². The number of benzene rings is 2. The van der Waals surface area contributed by atoms with Gasteiger partial charge in [-0.05, 0) is 41.8 Å². The molecule has 0 bridgehead atoms. The standard InChI is InChI=1S/C22H16Cl2N4O2S/c23-17-6-2-7-18(24)16(17)13-28-20(9-10-25-28)27-21(29)14-4-1-5-15(12-14)26-22(30)19-8-3-11-31-19/h1-12H,13H2,(H,26,30)(H,27,29). The molecule has 4 rings (SSSR count). The van der Waals surface area contributed by atoms with Crippen LogP contribution in [0.15, 0.2) is 72.2 Å². The highest BCUT2D eigenvalue weighted by molar-refractivity contribution is 7.12. The number of carbonyl (C=O) groups excluding carboxylic acids is 2. The molecule has 6 nitrogen and oxygen atoms in total. The van der Waals surface area contributed by atoms with Crippen LogP contribution in [0.4, 0.5) is 11.5 Å². The number of carbonyl (C=O) groups is 2. The Kier molecular flexibility index (Phi) is 6.36. The number of hydrogen-bond acceptors (Lipinski definition) is 4. The second kappa shape index (κ2) is 9.34. The van der Waals surface area contributed by atoms with Gasteiger partial charge in [-0.3, -0.25) is 9.59 Å². The van der Waals surface area contributed by atoms with Gasteiger partial charge in [-0.2, -0.15) is 5.10 Å². The zero-order chi connectivity index (χ0) is 21.8. The average molecular weight is 471 g/mol. The summed E-state index contributed by atoms with van der Waals surface area (Å²) in [6.07, 6.45) is 1.58. The second-order valence-electron chi connectivity index (χ2n) is 6.54. The van der Waals surface area contributed by atoms with Gasteiger partial charge in [0.1, 0.15) is 5.82 Å². The summed E-state index contributed by atoms with van der Waals surface area (Å²) in [5, 5.41) is 12.8. The summed E-state index contributed by atoms with van der Waals surface area (Å²) >= 11 is 13.8. The van der Waals surface area contributed by atoms with E-state index in [4.69, 9.17) is 23.2 Å². The van der Waals surface area contributed by atoms with Gasteiger partial charge in [-0.1, -0.05) is 41.4 Å².